The van der Waals surface area contributed by atoms with Gasteiger partial charge in [-0.05, 0) is 115 Å². The Hall–Kier alpha value is -6.68. The van der Waals surface area contributed by atoms with Crippen molar-refractivity contribution in [1.29, 1.82) is 0 Å². The zero-order valence-corrected chi connectivity index (χ0v) is 28.7. The van der Waals surface area contributed by atoms with E-state index in [-0.39, 0.29) is 47.5 Å². The third kappa shape index (κ3) is 8.98. The molecule has 0 bridgehead atoms. The number of rotatable bonds is 12. The number of carbonyl (C=O) groups is 3. The van der Waals surface area contributed by atoms with Crippen molar-refractivity contribution in [2.24, 2.45) is 0 Å². The van der Waals surface area contributed by atoms with Crippen LogP contribution in [0, 0.1) is 0 Å². The first-order chi connectivity index (χ1) is 25.9. The Morgan fingerprint density at radius 1 is 0.660 bits per heavy atom. The van der Waals surface area contributed by atoms with Gasteiger partial charge in [0.25, 0.3) is 5.91 Å². The second-order valence-electron chi connectivity index (χ2n) is 12.8. The molecule has 0 unspecified atom stereocenters. The molecule has 0 saturated heterocycles. The normalized spacial score (nSPS) is 15.2. The number of hydrogen-bond acceptors (Lipinski definition) is 7. The lowest BCUT2D eigenvalue weighted by atomic mass is 9.92. The molecular formula is C43H37N3O7. The predicted octanol–water partition coefficient (Wildman–Crippen LogP) is 8.82. The Labute approximate surface area is 306 Å². The van der Waals surface area contributed by atoms with Crippen LogP contribution in [-0.2, 0) is 11.2 Å². The molecular weight excluding hydrogens is 670 g/mol. The van der Waals surface area contributed by atoms with Gasteiger partial charge in [-0.1, -0.05) is 54.6 Å². The van der Waals surface area contributed by atoms with Gasteiger partial charge in [0, 0.05) is 12.2 Å². The van der Waals surface area contributed by atoms with Crippen LogP contribution < -0.4 is 24.8 Å². The smallest absolute Gasteiger partial charge is 0.337 e. The van der Waals surface area contributed by atoms with Crippen LogP contribution in [0.25, 0.3) is 10.8 Å². The van der Waals surface area contributed by atoms with E-state index in [4.69, 9.17) is 14.2 Å². The first kappa shape index (κ1) is 34.8. The van der Waals surface area contributed by atoms with Gasteiger partial charge in [-0.15, -0.1) is 0 Å². The molecule has 1 aromatic heterocycles. The van der Waals surface area contributed by atoms with Gasteiger partial charge in [0.05, 0.1) is 23.8 Å². The van der Waals surface area contributed by atoms with E-state index in [0.717, 1.165) is 47.8 Å². The molecule has 0 spiro atoms. The van der Waals surface area contributed by atoms with Crippen molar-refractivity contribution in [2.45, 2.75) is 44.2 Å². The monoisotopic (exact) mass is 707 g/mol. The Morgan fingerprint density at radius 3 is 2.06 bits per heavy atom. The van der Waals surface area contributed by atoms with Crippen molar-refractivity contribution in [1.82, 2.24) is 10.3 Å². The van der Waals surface area contributed by atoms with Crippen LogP contribution in [0.4, 0.5) is 5.69 Å². The van der Waals surface area contributed by atoms with Gasteiger partial charge in [-0.2, -0.15) is 0 Å². The number of amides is 2. The minimum atomic E-state index is -1.10. The van der Waals surface area contributed by atoms with Crippen LogP contribution >= 0.6 is 0 Å². The van der Waals surface area contributed by atoms with Crippen LogP contribution in [0.5, 0.6) is 28.9 Å². The number of nitrogens with zero attached hydrogens (tertiary/aromatic N) is 1. The van der Waals surface area contributed by atoms with Crippen LogP contribution in [0.2, 0.25) is 0 Å². The summed E-state index contributed by atoms with van der Waals surface area (Å²) in [4.78, 5) is 41.5. The molecule has 3 N–H and O–H groups in total. The number of benzene rings is 5. The summed E-state index contributed by atoms with van der Waals surface area (Å²) in [6, 6.07) is 38.1. The lowest BCUT2D eigenvalue weighted by Gasteiger charge is -2.29. The number of hydrogen-bond donors (Lipinski definition) is 3. The number of aromatic carboxylic acids is 1. The summed E-state index contributed by atoms with van der Waals surface area (Å²) >= 11 is 0. The molecule has 2 amide bonds. The van der Waals surface area contributed by atoms with Crippen molar-refractivity contribution < 1.29 is 33.7 Å². The second-order valence-corrected chi connectivity index (χ2v) is 12.8. The number of nitrogens with one attached hydrogen (secondary N) is 2. The number of aromatic nitrogens is 1. The topological polar surface area (TPSA) is 136 Å². The molecule has 1 aliphatic carbocycles. The molecule has 1 heterocycles. The van der Waals surface area contributed by atoms with Gasteiger partial charge >= 0.3 is 5.97 Å². The largest absolute Gasteiger partial charge is 0.490 e. The van der Waals surface area contributed by atoms with Crippen molar-refractivity contribution in [3.05, 3.63) is 150 Å². The highest BCUT2D eigenvalue weighted by Crippen LogP contribution is 2.31. The fourth-order valence-corrected chi connectivity index (χ4v) is 6.33. The molecule has 10 nitrogen and oxygen atoms in total. The van der Waals surface area contributed by atoms with Crippen LogP contribution in [0.15, 0.2) is 134 Å². The Balaban J connectivity index is 0.888. The van der Waals surface area contributed by atoms with Crippen LogP contribution in [0.3, 0.4) is 0 Å². The molecule has 0 radical (unpaired) electrons. The number of fused-ring (bicyclic) bond motifs is 1. The second kappa shape index (κ2) is 16.1. The molecule has 1 fully saturated rings. The predicted molar refractivity (Wildman–Crippen MR) is 201 cm³/mol. The molecule has 7 rings (SSSR count). The van der Waals surface area contributed by atoms with Gasteiger partial charge in [0.15, 0.2) is 0 Å². The molecule has 0 atom stereocenters. The number of para-hydroxylation sites is 2. The highest BCUT2D eigenvalue weighted by Gasteiger charge is 2.25. The van der Waals surface area contributed by atoms with E-state index in [1.165, 1.54) is 6.07 Å². The van der Waals surface area contributed by atoms with E-state index in [1.807, 2.05) is 78.9 Å². The summed E-state index contributed by atoms with van der Waals surface area (Å²) in [6.07, 6.45) is 4.99. The van der Waals surface area contributed by atoms with Crippen molar-refractivity contribution in [2.75, 3.05) is 5.32 Å². The summed E-state index contributed by atoms with van der Waals surface area (Å²) in [5.41, 5.74) is 1.47. The van der Waals surface area contributed by atoms with E-state index in [9.17, 15) is 19.5 Å². The first-order valence-electron chi connectivity index (χ1n) is 17.4. The summed E-state index contributed by atoms with van der Waals surface area (Å²) in [7, 11) is 0. The zero-order chi connectivity index (χ0) is 36.6. The van der Waals surface area contributed by atoms with E-state index in [0.29, 0.717) is 22.8 Å². The third-order valence-electron chi connectivity index (χ3n) is 9.02. The quantitative estimate of drug-likeness (QED) is 0.115. The number of carboxylic acid groups (broad SMARTS) is 1. The van der Waals surface area contributed by atoms with Crippen LogP contribution in [-0.4, -0.2) is 40.0 Å². The fraction of sp³-hybridized carbons (Fsp3) is 0.163. The van der Waals surface area contributed by atoms with E-state index in [1.54, 1.807) is 48.7 Å². The van der Waals surface area contributed by atoms with Gasteiger partial charge in [0.2, 0.25) is 11.8 Å². The first-order valence-corrected chi connectivity index (χ1v) is 17.4. The maximum atomic E-state index is 13.2. The zero-order valence-electron chi connectivity index (χ0n) is 28.7. The molecule has 0 aliphatic heterocycles. The van der Waals surface area contributed by atoms with Crippen molar-refractivity contribution in [3.63, 3.8) is 0 Å². The van der Waals surface area contributed by atoms with Gasteiger partial charge in [0.1, 0.15) is 28.6 Å². The summed E-state index contributed by atoms with van der Waals surface area (Å²) < 4.78 is 18.4. The van der Waals surface area contributed by atoms with Crippen molar-refractivity contribution in [3.8, 4) is 28.9 Å². The number of anilines is 1. The minimum Gasteiger partial charge on any atom is -0.490 e. The number of carboxylic acids is 1. The highest BCUT2D eigenvalue weighted by molar-refractivity contribution is 6.01. The Kier molecular flexibility index (Phi) is 10.6. The molecule has 10 heteroatoms. The average molecular weight is 708 g/mol. The molecule has 1 aliphatic rings. The Bertz CT molecular complexity index is 2230. The maximum absolute atomic E-state index is 13.2. The third-order valence-corrected chi connectivity index (χ3v) is 9.02. The molecule has 6 aromatic rings. The van der Waals surface area contributed by atoms with Gasteiger partial charge < -0.3 is 30.0 Å². The maximum Gasteiger partial charge on any atom is 0.337 e. The van der Waals surface area contributed by atoms with Gasteiger partial charge in [-0.25, -0.2) is 9.78 Å². The lowest BCUT2D eigenvalue weighted by molar-refractivity contribution is -0.115. The summed E-state index contributed by atoms with van der Waals surface area (Å²) in [6.45, 7) is 0. The number of carbonyl (C=O) groups excluding carboxylic acids is 2. The van der Waals surface area contributed by atoms with E-state index >= 15 is 0 Å². The number of pyridine rings is 1. The van der Waals surface area contributed by atoms with Crippen LogP contribution in [0.1, 0.15) is 52.0 Å². The van der Waals surface area contributed by atoms with Gasteiger partial charge in [-0.3, -0.25) is 9.59 Å². The van der Waals surface area contributed by atoms with Crippen molar-refractivity contribution >= 4 is 34.2 Å². The van der Waals surface area contributed by atoms with E-state index < -0.39 is 5.97 Å². The highest BCUT2D eigenvalue weighted by atomic mass is 16.5. The molecule has 53 heavy (non-hydrogen) atoms. The molecule has 5 aromatic carbocycles. The fourth-order valence-electron chi connectivity index (χ4n) is 6.33. The standard InChI is InChI=1S/C43H37N3O7/c47-40(46-39-11-5-4-9-37(39)43(49)50)25-28-12-18-33(19-13-28)51-35-20-14-30-27-36(21-15-29(30)26-35)52-34-22-16-31(17-23-34)45-41(48)38-10-6-24-44-42(38)53-32-7-2-1-3-8-32/h1-15,18-21,24,26-27,31,34H,16-17,22-23,25H2,(H,45,48)(H,46,47)(H,49,50). The summed E-state index contributed by atoms with van der Waals surface area (Å²) in [5, 5.41) is 17.2. The molecule has 1 saturated carbocycles. The Morgan fingerprint density at radius 2 is 1.30 bits per heavy atom. The minimum absolute atomic E-state index is 0.0338. The summed E-state index contributed by atoms with van der Waals surface area (Å²) in [5.74, 6) is 1.37. The lowest BCUT2D eigenvalue weighted by Crippen LogP contribution is -2.39. The average Bonchev–Trinajstić information content (AvgIpc) is 3.17. The SMILES string of the molecule is O=C(Cc1ccc(Oc2ccc3cc(OC4CCC(NC(=O)c5cccnc5Oc5ccccc5)CC4)ccc3c2)cc1)Nc1ccccc1C(=O)O. The van der Waals surface area contributed by atoms with E-state index in [2.05, 4.69) is 15.6 Å². The molecule has 266 valence electrons. The number of ether oxygens (including phenoxy) is 3.